The summed E-state index contributed by atoms with van der Waals surface area (Å²) >= 11 is 0. The third-order valence-corrected chi connectivity index (χ3v) is 2.78. The van der Waals surface area contributed by atoms with Crippen molar-refractivity contribution in [1.29, 1.82) is 0 Å². The average Bonchev–Trinajstić information content (AvgIpc) is 2.66. The standard InChI is InChI=1S/C10H11N3O/c14-8-1-3-11-9-7(8)2-5-13-6-4-12-10(9)13/h2-3,12H,1,4-6H2. The second-order valence-electron chi connectivity index (χ2n) is 3.63. The average molecular weight is 189 g/mol. The highest BCUT2D eigenvalue weighted by Crippen LogP contribution is 2.28. The van der Waals surface area contributed by atoms with Crippen molar-refractivity contribution in [2.45, 2.75) is 6.42 Å². The highest BCUT2D eigenvalue weighted by molar-refractivity contribution is 6.09. The van der Waals surface area contributed by atoms with Crippen LogP contribution in [0.3, 0.4) is 0 Å². The maximum Gasteiger partial charge on any atom is 0.170 e. The number of ketones is 1. The fourth-order valence-corrected chi connectivity index (χ4v) is 2.08. The van der Waals surface area contributed by atoms with Crippen molar-refractivity contribution in [3.63, 3.8) is 0 Å². The number of fused-ring (bicyclic) bond motifs is 2. The second kappa shape index (κ2) is 2.70. The number of carbonyl (C=O) groups excluding carboxylic acids is 1. The first kappa shape index (κ1) is 7.79. The van der Waals surface area contributed by atoms with E-state index in [9.17, 15) is 4.79 Å². The molecule has 0 atom stereocenters. The molecule has 14 heavy (non-hydrogen) atoms. The van der Waals surface area contributed by atoms with E-state index >= 15 is 0 Å². The number of nitrogens with zero attached hydrogens (tertiary/aromatic N) is 2. The van der Waals surface area contributed by atoms with Gasteiger partial charge in [0.05, 0.1) is 0 Å². The van der Waals surface area contributed by atoms with E-state index in [1.807, 2.05) is 6.08 Å². The van der Waals surface area contributed by atoms with Crippen molar-refractivity contribution in [3.05, 3.63) is 23.2 Å². The van der Waals surface area contributed by atoms with Crippen LogP contribution in [0.2, 0.25) is 0 Å². The monoisotopic (exact) mass is 189 g/mol. The summed E-state index contributed by atoms with van der Waals surface area (Å²) in [4.78, 5) is 18.1. The zero-order valence-electron chi connectivity index (χ0n) is 7.79. The number of hydrogen-bond donors (Lipinski definition) is 1. The summed E-state index contributed by atoms with van der Waals surface area (Å²) in [7, 11) is 0. The molecule has 0 aromatic rings. The SMILES string of the molecule is O=C1CC=NC2=C3NCCN3CC=C12. The van der Waals surface area contributed by atoms with E-state index in [1.165, 1.54) is 0 Å². The maximum absolute atomic E-state index is 11.6. The van der Waals surface area contributed by atoms with E-state index < -0.39 is 0 Å². The van der Waals surface area contributed by atoms with Crippen molar-refractivity contribution in [3.8, 4) is 0 Å². The predicted molar refractivity (Wildman–Crippen MR) is 52.8 cm³/mol. The summed E-state index contributed by atoms with van der Waals surface area (Å²) in [6.45, 7) is 2.79. The van der Waals surface area contributed by atoms with Crippen molar-refractivity contribution >= 4 is 12.0 Å². The fraction of sp³-hybridized carbons (Fsp3) is 0.400. The summed E-state index contributed by atoms with van der Waals surface area (Å²) in [5, 5.41) is 3.28. The number of rotatable bonds is 0. The van der Waals surface area contributed by atoms with Crippen LogP contribution in [0, 0.1) is 0 Å². The van der Waals surface area contributed by atoms with E-state index in [-0.39, 0.29) is 5.78 Å². The van der Waals surface area contributed by atoms with Gasteiger partial charge in [-0.05, 0) is 0 Å². The van der Waals surface area contributed by atoms with Crippen LogP contribution in [0.25, 0.3) is 0 Å². The Labute approximate surface area is 82.0 Å². The number of hydrogen-bond acceptors (Lipinski definition) is 4. The number of allylic oxidation sites excluding steroid dienone is 1. The van der Waals surface area contributed by atoms with E-state index in [2.05, 4.69) is 15.2 Å². The number of Topliss-reactive ketones (excluding diaryl/α,β-unsaturated/α-hetero) is 1. The topological polar surface area (TPSA) is 44.7 Å². The lowest BCUT2D eigenvalue weighted by molar-refractivity contribution is -0.114. The summed E-state index contributed by atoms with van der Waals surface area (Å²) in [6, 6.07) is 0. The minimum Gasteiger partial charge on any atom is -0.368 e. The smallest absolute Gasteiger partial charge is 0.170 e. The molecule has 1 N–H and O–H groups in total. The zero-order chi connectivity index (χ0) is 9.54. The van der Waals surface area contributed by atoms with Crippen LogP contribution in [0.4, 0.5) is 0 Å². The Morgan fingerprint density at radius 3 is 3.36 bits per heavy atom. The molecule has 0 radical (unpaired) electrons. The summed E-state index contributed by atoms with van der Waals surface area (Å²) in [5.41, 5.74) is 1.64. The van der Waals surface area contributed by atoms with Crippen LogP contribution in [-0.4, -0.2) is 36.5 Å². The van der Waals surface area contributed by atoms with Gasteiger partial charge in [0.25, 0.3) is 0 Å². The van der Waals surface area contributed by atoms with Gasteiger partial charge < -0.3 is 10.2 Å². The number of carbonyl (C=O) groups is 1. The van der Waals surface area contributed by atoms with Crippen LogP contribution < -0.4 is 5.32 Å². The van der Waals surface area contributed by atoms with Crippen molar-refractivity contribution < 1.29 is 4.79 Å². The van der Waals surface area contributed by atoms with Gasteiger partial charge in [0.1, 0.15) is 11.5 Å². The molecular weight excluding hydrogens is 178 g/mol. The molecule has 3 aliphatic rings. The van der Waals surface area contributed by atoms with Crippen LogP contribution in [0.1, 0.15) is 6.42 Å². The lowest BCUT2D eigenvalue weighted by Gasteiger charge is -2.26. The lowest BCUT2D eigenvalue weighted by Crippen LogP contribution is -2.29. The fourth-order valence-electron chi connectivity index (χ4n) is 2.08. The minimum absolute atomic E-state index is 0.191. The Morgan fingerprint density at radius 2 is 2.43 bits per heavy atom. The first-order valence-corrected chi connectivity index (χ1v) is 4.85. The largest absolute Gasteiger partial charge is 0.368 e. The molecule has 3 rings (SSSR count). The van der Waals surface area contributed by atoms with Gasteiger partial charge in [0.15, 0.2) is 5.78 Å². The predicted octanol–water partition coefficient (Wildman–Crippen LogP) is 0.0443. The molecule has 0 aromatic heterocycles. The Morgan fingerprint density at radius 1 is 1.50 bits per heavy atom. The molecule has 0 saturated carbocycles. The number of aliphatic imine (C=N–C) groups is 1. The van der Waals surface area contributed by atoms with Gasteiger partial charge in [-0.25, -0.2) is 0 Å². The Bertz CT molecular complexity index is 392. The summed E-state index contributed by atoms with van der Waals surface area (Å²) < 4.78 is 0. The van der Waals surface area contributed by atoms with Crippen LogP contribution >= 0.6 is 0 Å². The van der Waals surface area contributed by atoms with Gasteiger partial charge in [0.2, 0.25) is 0 Å². The van der Waals surface area contributed by atoms with Gasteiger partial charge in [0, 0.05) is 37.8 Å². The molecule has 0 unspecified atom stereocenters. The van der Waals surface area contributed by atoms with Gasteiger partial charge >= 0.3 is 0 Å². The van der Waals surface area contributed by atoms with E-state index in [0.717, 1.165) is 36.7 Å². The quantitative estimate of drug-likeness (QED) is 0.585. The van der Waals surface area contributed by atoms with Gasteiger partial charge in [-0.2, -0.15) is 0 Å². The lowest BCUT2D eigenvalue weighted by atomic mass is 10.0. The molecule has 1 fully saturated rings. The third-order valence-electron chi connectivity index (χ3n) is 2.78. The first-order valence-electron chi connectivity index (χ1n) is 4.85. The van der Waals surface area contributed by atoms with E-state index in [1.54, 1.807) is 6.21 Å². The highest BCUT2D eigenvalue weighted by Gasteiger charge is 2.29. The maximum atomic E-state index is 11.6. The number of nitrogens with one attached hydrogen (secondary N) is 1. The molecule has 0 bridgehead atoms. The van der Waals surface area contributed by atoms with Gasteiger partial charge in [-0.15, -0.1) is 0 Å². The third kappa shape index (κ3) is 0.937. The molecular formula is C10H11N3O. The first-order chi connectivity index (χ1) is 6.86. The molecule has 4 heteroatoms. The normalized spacial score (nSPS) is 24.4. The minimum atomic E-state index is 0.191. The van der Waals surface area contributed by atoms with Crippen molar-refractivity contribution in [1.82, 2.24) is 10.2 Å². The second-order valence-corrected chi connectivity index (χ2v) is 3.63. The molecule has 1 saturated heterocycles. The molecule has 0 spiro atoms. The van der Waals surface area contributed by atoms with E-state index in [4.69, 9.17) is 0 Å². The van der Waals surface area contributed by atoms with E-state index in [0.29, 0.717) is 6.42 Å². The van der Waals surface area contributed by atoms with Crippen LogP contribution in [0.5, 0.6) is 0 Å². The summed E-state index contributed by atoms with van der Waals surface area (Å²) in [5.74, 6) is 1.22. The molecule has 0 aromatic carbocycles. The van der Waals surface area contributed by atoms with Crippen LogP contribution in [-0.2, 0) is 4.79 Å². The Kier molecular flexibility index (Phi) is 1.50. The Balaban J connectivity index is 2.13. The van der Waals surface area contributed by atoms with Crippen LogP contribution in [0.15, 0.2) is 28.2 Å². The van der Waals surface area contributed by atoms with Crippen molar-refractivity contribution in [2.75, 3.05) is 19.6 Å². The molecule has 0 amide bonds. The molecule has 3 heterocycles. The van der Waals surface area contributed by atoms with Crippen molar-refractivity contribution in [2.24, 2.45) is 4.99 Å². The zero-order valence-corrected chi connectivity index (χ0v) is 7.79. The molecule has 72 valence electrons. The highest BCUT2D eigenvalue weighted by atomic mass is 16.1. The van der Waals surface area contributed by atoms with Gasteiger partial charge in [-0.1, -0.05) is 6.08 Å². The Hall–Kier alpha value is -1.58. The molecule has 4 nitrogen and oxygen atoms in total. The molecule has 0 aliphatic carbocycles. The van der Waals surface area contributed by atoms with Gasteiger partial charge in [-0.3, -0.25) is 9.79 Å². The molecule has 3 aliphatic heterocycles. The summed E-state index contributed by atoms with van der Waals surface area (Å²) in [6.07, 6.45) is 4.14.